The highest BCUT2D eigenvalue weighted by molar-refractivity contribution is 5.87. The summed E-state index contributed by atoms with van der Waals surface area (Å²) in [4.78, 5) is 24.7. The zero-order chi connectivity index (χ0) is 13.0. The van der Waals surface area contributed by atoms with Crippen LogP contribution in [0.15, 0.2) is 42.1 Å². The van der Waals surface area contributed by atoms with Crippen molar-refractivity contribution in [3.8, 4) is 0 Å². The van der Waals surface area contributed by atoms with Crippen molar-refractivity contribution in [2.75, 3.05) is 7.11 Å². The Morgan fingerprint density at radius 3 is 2.72 bits per heavy atom. The monoisotopic (exact) mass is 245 g/mol. The Labute approximate surface area is 106 Å². The normalized spacial score (nSPS) is 17.3. The van der Waals surface area contributed by atoms with Crippen LogP contribution >= 0.6 is 0 Å². The van der Waals surface area contributed by atoms with Crippen LogP contribution in [0.25, 0.3) is 0 Å². The largest absolute Gasteiger partial charge is 0.466 e. The molecule has 4 heteroatoms. The van der Waals surface area contributed by atoms with Gasteiger partial charge in [-0.1, -0.05) is 30.3 Å². The molecule has 2 rings (SSSR count). The lowest BCUT2D eigenvalue weighted by molar-refractivity contribution is -0.134. The lowest BCUT2D eigenvalue weighted by Gasteiger charge is -2.17. The number of carbonyl (C=O) groups is 2. The van der Waals surface area contributed by atoms with Crippen molar-refractivity contribution in [1.29, 1.82) is 0 Å². The third-order valence-electron chi connectivity index (χ3n) is 2.91. The number of amides is 1. The number of likely N-dealkylation sites (tertiary alicyclic amines) is 1. The van der Waals surface area contributed by atoms with Crippen LogP contribution in [0.3, 0.4) is 0 Å². The first kappa shape index (κ1) is 12.4. The van der Waals surface area contributed by atoms with Crippen LogP contribution in [-0.4, -0.2) is 23.9 Å². The van der Waals surface area contributed by atoms with E-state index in [1.165, 1.54) is 13.2 Å². The minimum absolute atomic E-state index is 0.0500. The third kappa shape index (κ3) is 2.77. The van der Waals surface area contributed by atoms with Gasteiger partial charge in [0, 0.05) is 18.2 Å². The summed E-state index contributed by atoms with van der Waals surface area (Å²) >= 11 is 0. The van der Waals surface area contributed by atoms with Crippen molar-refractivity contribution in [3.63, 3.8) is 0 Å². The van der Waals surface area contributed by atoms with Crippen LogP contribution in [0.5, 0.6) is 0 Å². The van der Waals surface area contributed by atoms with Gasteiger partial charge >= 0.3 is 5.97 Å². The summed E-state index contributed by atoms with van der Waals surface area (Å²) in [6.45, 7) is 0.502. The molecule has 0 spiro atoms. The van der Waals surface area contributed by atoms with E-state index < -0.39 is 5.97 Å². The van der Waals surface area contributed by atoms with E-state index in [0.717, 1.165) is 11.3 Å². The Kier molecular flexibility index (Phi) is 3.77. The van der Waals surface area contributed by atoms with E-state index in [1.54, 1.807) is 4.90 Å². The van der Waals surface area contributed by atoms with E-state index in [2.05, 4.69) is 4.74 Å². The number of rotatable bonds is 3. The number of ether oxygens (including phenoxy) is 1. The van der Waals surface area contributed by atoms with Gasteiger partial charge in [-0.15, -0.1) is 0 Å². The van der Waals surface area contributed by atoms with Gasteiger partial charge in [-0.3, -0.25) is 4.79 Å². The van der Waals surface area contributed by atoms with E-state index in [4.69, 9.17) is 0 Å². The molecule has 0 radical (unpaired) electrons. The maximum atomic E-state index is 11.8. The lowest BCUT2D eigenvalue weighted by atomic mass is 10.2. The molecule has 18 heavy (non-hydrogen) atoms. The van der Waals surface area contributed by atoms with E-state index >= 15 is 0 Å². The summed E-state index contributed by atoms with van der Waals surface area (Å²) in [5.41, 5.74) is 1.78. The summed E-state index contributed by atoms with van der Waals surface area (Å²) in [5.74, 6) is -0.369. The van der Waals surface area contributed by atoms with Crippen LogP contribution in [0.2, 0.25) is 0 Å². The molecule has 1 aliphatic rings. The van der Waals surface area contributed by atoms with Gasteiger partial charge in [0.2, 0.25) is 5.91 Å². The van der Waals surface area contributed by atoms with Gasteiger partial charge in [0.1, 0.15) is 0 Å². The predicted octanol–water partition coefficient (Wildman–Crippen LogP) is 1.87. The van der Waals surface area contributed by atoms with Crippen LogP contribution in [0, 0.1) is 0 Å². The summed E-state index contributed by atoms with van der Waals surface area (Å²) in [7, 11) is 1.33. The SMILES string of the molecule is COC(=O)/C=C1\CCC(=O)N1Cc1ccccc1. The summed E-state index contributed by atoms with van der Waals surface area (Å²) in [6.07, 6.45) is 2.45. The topological polar surface area (TPSA) is 46.6 Å². The Morgan fingerprint density at radius 2 is 2.06 bits per heavy atom. The second-order valence-corrected chi connectivity index (χ2v) is 4.12. The quantitative estimate of drug-likeness (QED) is 0.603. The number of nitrogens with zero attached hydrogens (tertiary/aromatic N) is 1. The first-order valence-corrected chi connectivity index (χ1v) is 5.83. The zero-order valence-electron chi connectivity index (χ0n) is 10.3. The van der Waals surface area contributed by atoms with E-state index in [-0.39, 0.29) is 5.91 Å². The van der Waals surface area contributed by atoms with E-state index in [9.17, 15) is 9.59 Å². The van der Waals surface area contributed by atoms with Crippen molar-refractivity contribution < 1.29 is 14.3 Å². The highest BCUT2D eigenvalue weighted by Crippen LogP contribution is 2.24. The van der Waals surface area contributed by atoms with Crippen molar-refractivity contribution in [2.45, 2.75) is 19.4 Å². The van der Waals surface area contributed by atoms with Gasteiger partial charge in [-0.25, -0.2) is 4.79 Å². The highest BCUT2D eigenvalue weighted by atomic mass is 16.5. The maximum absolute atomic E-state index is 11.8. The average Bonchev–Trinajstić information content (AvgIpc) is 2.72. The van der Waals surface area contributed by atoms with Gasteiger partial charge in [-0.05, 0) is 12.0 Å². The number of esters is 1. The molecule has 1 aromatic carbocycles. The second-order valence-electron chi connectivity index (χ2n) is 4.12. The highest BCUT2D eigenvalue weighted by Gasteiger charge is 2.26. The molecule has 1 aliphatic heterocycles. The molecule has 1 saturated heterocycles. The molecule has 0 bridgehead atoms. The van der Waals surface area contributed by atoms with Crippen LogP contribution in [0.4, 0.5) is 0 Å². The number of methoxy groups -OCH3 is 1. The van der Waals surface area contributed by atoms with Crippen molar-refractivity contribution in [2.24, 2.45) is 0 Å². The molecule has 1 heterocycles. The number of benzene rings is 1. The predicted molar refractivity (Wildman–Crippen MR) is 66.3 cm³/mol. The fraction of sp³-hybridized carbons (Fsp3) is 0.286. The first-order chi connectivity index (χ1) is 8.70. The molecule has 4 nitrogen and oxygen atoms in total. The minimum Gasteiger partial charge on any atom is -0.466 e. The third-order valence-corrected chi connectivity index (χ3v) is 2.91. The smallest absolute Gasteiger partial charge is 0.332 e. The molecule has 1 aromatic rings. The first-order valence-electron chi connectivity index (χ1n) is 5.83. The number of hydrogen-bond donors (Lipinski definition) is 0. The lowest BCUT2D eigenvalue weighted by Crippen LogP contribution is -2.23. The molecule has 0 aliphatic carbocycles. The Balaban J connectivity index is 2.16. The molecule has 94 valence electrons. The number of carbonyl (C=O) groups excluding carboxylic acids is 2. The summed E-state index contributed by atoms with van der Waals surface area (Å²) in [5, 5.41) is 0. The average molecular weight is 245 g/mol. The molecule has 0 atom stereocenters. The maximum Gasteiger partial charge on any atom is 0.332 e. The minimum atomic E-state index is -0.419. The molecule has 0 unspecified atom stereocenters. The van der Waals surface area contributed by atoms with Gasteiger partial charge in [-0.2, -0.15) is 0 Å². The van der Waals surface area contributed by atoms with Gasteiger partial charge in [0.25, 0.3) is 0 Å². The molecule has 0 aromatic heterocycles. The Hall–Kier alpha value is -2.10. The van der Waals surface area contributed by atoms with Crippen molar-refractivity contribution >= 4 is 11.9 Å². The van der Waals surface area contributed by atoms with E-state index in [0.29, 0.717) is 19.4 Å². The number of allylic oxidation sites excluding steroid dienone is 1. The molecular formula is C14H15NO3. The summed E-state index contributed by atoms with van der Waals surface area (Å²) < 4.78 is 4.59. The standard InChI is InChI=1S/C14H15NO3/c1-18-14(17)9-12-7-8-13(16)15(12)10-11-5-3-2-4-6-11/h2-6,9H,7-8,10H2,1H3/b12-9+. The van der Waals surface area contributed by atoms with Crippen LogP contribution < -0.4 is 0 Å². The Bertz CT molecular complexity index is 479. The Morgan fingerprint density at radius 1 is 1.33 bits per heavy atom. The molecular weight excluding hydrogens is 230 g/mol. The number of hydrogen-bond acceptors (Lipinski definition) is 3. The van der Waals surface area contributed by atoms with Crippen molar-refractivity contribution in [3.05, 3.63) is 47.7 Å². The van der Waals surface area contributed by atoms with Gasteiger partial charge in [0.15, 0.2) is 0 Å². The molecule has 1 fully saturated rings. The molecule has 0 saturated carbocycles. The van der Waals surface area contributed by atoms with E-state index in [1.807, 2.05) is 30.3 Å². The fourth-order valence-electron chi connectivity index (χ4n) is 1.97. The zero-order valence-corrected chi connectivity index (χ0v) is 10.3. The fourth-order valence-corrected chi connectivity index (χ4v) is 1.97. The molecule has 0 N–H and O–H groups in total. The van der Waals surface area contributed by atoms with Crippen molar-refractivity contribution in [1.82, 2.24) is 4.90 Å². The van der Waals surface area contributed by atoms with Crippen LogP contribution in [0.1, 0.15) is 18.4 Å². The second kappa shape index (κ2) is 5.49. The molecule has 1 amide bonds. The van der Waals surface area contributed by atoms with Gasteiger partial charge < -0.3 is 9.64 Å². The summed E-state index contributed by atoms with van der Waals surface area (Å²) in [6, 6.07) is 9.71. The van der Waals surface area contributed by atoms with Gasteiger partial charge in [0.05, 0.1) is 13.7 Å². The van der Waals surface area contributed by atoms with Crippen LogP contribution in [-0.2, 0) is 20.9 Å².